The van der Waals surface area contributed by atoms with Crippen LogP contribution in [-0.4, -0.2) is 5.78 Å². The van der Waals surface area contributed by atoms with Crippen LogP contribution in [0.15, 0.2) is 57.5 Å². The second-order valence-electron chi connectivity index (χ2n) is 3.74. The van der Waals surface area contributed by atoms with Gasteiger partial charge >= 0.3 is 0 Å². The Labute approximate surface area is 117 Å². The third-order valence-electron chi connectivity index (χ3n) is 2.39. The first-order valence-electron chi connectivity index (χ1n) is 5.18. The molecular formula is C14H10Br2O. The first-order valence-corrected chi connectivity index (χ1v) is 6.77. The summed E-state index contributed by atoms with van der Waals surface area (Å²) in [7, 11) is 0. The smallest absolute Gasteiger partial charge is 0.167 e. The van der Waals surface area contributed by atoms with Gasteiger partial charge in [0.15, 0.2) is 5.78 Å². The molecule has 1 nitrogen and oxygen atoms in total. The summed E-state index contributed by atoms with van der Waals surface area (Å²) < 4.78 is 1.81. The lowest BCUT2D eigenvalue weighted by Gasteiger charge is -2.03. The average Bonchev–Trinajstić information content (AvgIpc) is 2.29. The monoisotopic (exact) mass is 352 g/mol. The normalized spacial score (nSPS) is 10.2. The van der Waals surface area contributed by atoms with Gasteiger partial charge in [0.2, 0.25) is 0 Å². The SMILES string of the molecule is O=C(Cc1ccccc1)c1cc(Br)cc(Br)c1. The van der Waals surface area contributed by atoms with Gasteiger partial charge in [0.05, 0.1) is 0 Å². The lowest BCUT2D eigenvalue weighted by Crippen LogP contribution is -2.03. The van der Waals surface area contributed by atoms with E-state index in [1.807, 2.05) is 48.5 Å². The molecule has 0 aliphatic carbocycles. The van der Waals surface area contributed by atoms with E-state index in [9.17, 15) is 4.79 Å². The number of hydrogen-bond donors (Lipinski definition) is 0. The van der Waals surface area contributed by atoms with E-state index in [4.69, 9.17) is 0 Å². The molecular weight excluding hydrogens is 344 g/mol. The maximum absolute atomic E-state index is 12.1. The van der Waals surface area contributed by atoms with Crippen LogP contribution >= 0.6 is 31.9 Å². The summed E-state index contributed by atoms with van der Waals surface area (Å²) in [4.78, 5) is 12.1. The first-order chi connectivity index (χ1) is 8.15. The van der Waals surface area contributed by atoms with Crippen LogP contribution < -0.4 is 0 Å². The fraction of sp³-hybridized carbons (Fsp3) is 0.0714. The van der Waals surface area contributed by atoms with E-state index in [0.29, 0.717) is 6.42 Å². The highest BCUT2D eigenvalue weighted by molar-refractivity contribution is 9.11. The number of ketones is 1. The van der Waals surface area contributed by atoms with E-state index in [-0.39, 0.29) is 5.78 Å². The van der Waals surface area contributed by atoms with Crippen molar-refractivity contribution in [3.63, 3.8) is 0 Å². The fourth-order valence-electron chi connectivity index (χ4n) is 1.60. The molecule has 86 valence electrons. The second kappa shape index (κ2) is 5.61. The first kappa shape index (κ1) is 12.5. The van der Waals surface area contributed by atoms with Gasteiger partial charge in [0, 0.05) is 20.9 Å². The van der Waals surface area contributed by atoms with Crippen molar-refractivity contribution in [2.45, 2.75) is 6.42 Å². The Balaban J connectivity index is 2.20. The topological polar surface area (TPSA) is 17.1 Å². The molecule has 0 saturated carbocycles. The quantitative estimate of drug-likeness (QED) is 0.735. The van der Waals surface area contributed by atoms with Crippen LogP contribution in [0.2, 0.25) is 0 Å². The zero-order valence-electron chi connectivity index (χ0n) is 8.99. The van der Waals surface area contributed by atoms with Crippen molar-refractivity contribution < 1.29 is 4.79 Å². The van der Waals surface area contributed by atoms with E-state index in [0.717, 1.165) is 20.1 Å². The largest absolute Gasteiger partial charge is 0.294 e. The van der Waals surface area contributed by atoms with Crippen LogP contribution in [0.4, 0.5) is 0 Å². The van der Waals surface area contributed by atoms with E-state index in [1.54, 1.807) is 0 Å². The summed E-state index contributed by atoms with van der Waals surface area (Å²) in [5, 5.41) is 0. The van der Waals surface area contributed by atoms with Crippen LogP contribution in [0.1, 0.15) is 15.9 Å². The van der Waals surface area contributed by atoms with Crippen molar-refractivity contribution >= 4 is 37.6 Å². The summed E-state index contributed by atoms with van der Waals surface area (Å²) in [5.41, 5.74) is 1.75. The Bertz CT molecular complexity index is 515. The van der Waals surface area contributed by atoms with Crippen LogP contribution in [0.25, 0.3) is 0 Å². The molecule has 0 amide bonds. The molecule has 0 radical (unpaired) electrons. The van der Waals surface area contributed by atoms with Crippen LogP contribution in [0, 0.1) is 0 Å². The van der Waals surface area contributed by atoms with Crippen LogP contribution in [-0.2, 0) is 6.42 Å². The molecule has 0 N–H and O–H groups in total. The summed E-state index contributed by atoms with van der Waals surface area (Å²) in [5.74, 6) is 0.123. The third kappa shape index (κ3) is 3.51. The molecule has 0 atom stereocenters. The molecule has 0 aromatic heterocycles. The van der Waals surface area contributed by atoms with Gasteiger partial charge in [-0.15, -0.1) is 0 Å². The van der Waals surface area contributed by atoms with Gasteiger partial charge < -0.3 is 0 Å². The van der Waals surface area contributed by atoms with E-state index in [2.05, 4.69) is 31.9 Å². The lowest BCUT2D eigenvalue weighted by molar-refractivity contribution is 0.0993. The number of carbonyl (C=O) groups excluding carboxylic acids is 1. The van der Waals surface area contributed by atoms with Crippen molar-refractivity contribution in [2.75, 3.05) is 0 Å². The number of rotatable bonds is 3. The van der Waals surface area contributed by atoms with Crippen molar-refractivity contribution in [2.24, 2.45) is 0 Å². The van der Waals surface area contributed by atoms with Gasteiger partial charge in [-0.1, -0.05) is 62.2 Å². The van der Waals surface area contributed by atoms with Gasteiger partial charge in [-0.25, -0.2) is 0 Å². The summed E-state index contributed by atoms with van der Waals surface area (Å²) in [6.45, 7) is 0. The minimum atomic E-state index is 0.123. The number of benzene rings is 2. The highest BCUT2D eigenvalue weighted by Crippen LogP contribution is 2.21. The highest BCUT2D eigenvalue weighted by Gasteiger charge is 2.08. The molecule has 0 unspecified atom stereocenters. The Morgan fingerprint density at radius 1 is 0.941 bits per heavy atom. The third-order valence-corrected chi connectivity index (χ3v) is 3.31. The summed E-state index contributed by atoms with van der Waals surface area (Å²) in [6, 6.07) is 15.4. The van der Waals surface area contributed by atoms with E-state index >= 15 is 0 Å². The van der Waals surface area contributed by atoms with Crippen molar-refractivity contribution in [3.05, 3.63) is 68.6 Å². The molecule has 2 aromatic carbocycles. The number of halogens is 2. The molecule has 2 aromatic rings. The van der Waals surface area contributed by atoms with Gasteiger partial charge in [-0.2, -0.15) is 0 Å². The number of Topliss-reactive ketones (excluding diaryl/α,β-unsaturated/α-hetero) is 1. The van der Waals surface area contributed by atoms with Crippen molar-refractivity contribution in [3.8, 4) is 0 Å². The standard InChI is InChI=1S/C14H10Br2O/c15-12-7-11(8-13(16)9-12)14(17)6-10-4-2-1-3-5-10/h1-5,7-9H,6H2. The van der Waals surface area contributed by atoms with Crippen molar-refractivity contribution in [1.82, 2.24) is 0 Å². The number of carbonyl (C=O) groups is 1. The molecule has 2 rings (SSSR count). The van der Waals surface area contributed by atoms with Gasteiger partial charge in [0.1, 0.15) is 0 Å². The molecule has 0 aliphatic rings. The molecule has 0 bridgehead atoms. The molecule has 0 fully saturated rings. The Hall–Kier alpha value is -0.930. The van der Waals surface area contributed by atoms with Crippen LogP contribution in [0.3, 0.4) is 0 Å². The predicted octanol–water partition coefficient (Wildman–Crippen LogP) is 4.64. The average molecular weight is 354 g/mol. The molecule has 0 heterocycles. The van der Waals surface area contributed by atoms with Crippen molar-refractivity contribution in [1.29, 1.82) is 0 Å². The summed E-state index contributed by atoms with van der Waals surface area (Å²) >= 11 is 6.77. The minimum Gasteiger partial charge on any atom is -0.294 e. The molecule has 0 saturated heterocycles. The van der Waals surface area contributed by atoms with Gasteiger partial charge in [-0.05, 0) is 23.8 Å². The number of hydrogen-bond acceptors (Lipinski definition) is 1. The van der Waals surface area contributed by atoms with Gasteiger partial charge in [0.25, 0.3) is 0 Å². The maximum atomic E-state index is 12.1. The van der Waals surface area contributed by atoms with Crippen LogP contribution in [0.5, 0.6) is 0 Å². The molecule has 17 heavy (non-hydrogen) atoms. The molecule has 3 heteroatoms. The maximum Gasteiger partial charge on any atom is 0.167 e. The fourth-order valence-corrected chi connectivity index (χ4v) is 2.89. The second-order valence-corrected chi connectivity index (χ2v) is 5.58. The Morgan fingerprint density at radius 3 is 2.12 bits per heavy atom. The predicted molar refractivity (Wildman–Crippen MR) is 76.3 cm³/mol. The lowest BCUT2D eigenvalue weighted by atomic mass is 10.0. The minimum absolute atomic E-state index is 0.123. The van der Waals surface area contributed by atoms with Gasteiger partial charge in [-0.3, -0.25) is 4.79 Å². The molecule has 0 aliphatic heterocycles. The van der Waals surface area contributed by atoms with E-state index < -0.39 is 0 Å². The Kier molecular flexibility index (Phi) is 4.13. The van der Waals surface area contributed by atoms with E-state index in [1.165, 1.54) is 0 Å². The zero-order valence-corrected chi connectivity index (χ0v) is 12.2. The summed E-state index contributed by atoms with van der Waals surface area (Å²) in [6.07, 6.45) is 0.434. The zero-order chi connectivity index (χ0) is 12.3. The molecule has 0 spiro atoms. The highest BCUT2D eigenvalue weighted by atomic mass is 79.9. The Morgan fingerprint density at radius 2 is 1.53 bits per heavy atom.